The average Bonchev–Trinajstić information content (AvgIpc) is 2.93. The maximum absolute atomic E-state index is 12.3. The van der Waals surface area contributed by atoms with Crippen LogP contribution in [-0.2, 0) is 22.7 Å². The number of carbonyl (C=O) groups excluding carboxylic acids is 1. The number of hydrogen-bond acceptors (Lipinski definition) is 5. The summed E-state index contributed by atoms with van der Waals surface area (Å²) in [5, 5.41) is 10.2. The molecule has 0 bridgehead atoms. The molecule has 0 unspecified atom stereocenters. The number of fused-ring (bicyclic) bond motifs is 1. The summed E-state index contributed by atoms with van der Waals surface area (Å²) in [7, 11) is 0. The second-order valence-electron chi connectivity index (χ2n) is 5.28. The highest BCUT2D eigenvalue weighted by atomic mass is 16.5. The zero-order valence-corrected chi connectivity index (χ0v) is 13.3. The van der Waals surface area contributed by atoms with Crippen molar-refractivity contribution < 1.29 is 23.8 Å². The Hall–Kier alpha value is -2.79. The molecule has 1 heterocycles. The molecule has 1 N–H and O–H groups in total. The highest BCUT2D eigenvalue weighted by Gasteiger charge is 2.22. The van der Waals surface area contributed by atoms with Crippen LogP contribution in [0, 0.1) is 0 Å². The predicted molar refractivity (Wildman–Crippen MR) is 88.8 cm³/mol. The van der Waals surface area contributed by atoms with E-state index in [2.05, 4.69) is 0 Å². The molecule has 0 radical (unpaired) electrons. The molecule has 0 saturated heterocycles. The van der Waals surface area contributed by atoms with E-state index in [1.54, 1.807) is 13.0 Å². The van der Waals surface area contributed by atoms with Gasteiger partial charge in [-0.25, -0.2) is 4.79 Å². The minimum atomic E-state index is -0.486. The van der Waals surface area contributed by atoms with Crippen LogP contribution in [0.5, 0.6) is 5.75 Å². The van der Waals surface area contributed by atoms with E-state index in [4.69, 9.17) is 13.9 Å². The number of phenols is 1. The van der Waals surface area contributed by atoms with Crippen LogP contribution in [-0.4, -0.2) is 17.7 Å². The standard InChI is InChI=1S/C19H18O5/c1-2-23-19(21)18-15-10-14(20)8-9-16(15)24-17(18)12-22-11-13-6-4-3-5-7-13/h3-10,20H,2,11-12H2,1H3. The van der Waals surface area contributed by atoms with Crippen molar-refractivity contribution in [2.45, 2.75) is 20.1 Å². The van der Waals surface area contributed by atoms with E-state index in [0.29, 0.717) is 28.9 Å². The summed E-state index contributed by atoms with van der Waals surface area (Å²) in [6, 6.07) is 14.4. The molecule has 0 fully saturated rings. The largest absolute Gasteiger partial charge is 0.508 e. The topological polar surface area (TPSA) is 68.9 Å². The molecule has 0 amide bonds. The number of furan rings is 1. The normalized spacial score (nSPS) is 10.9. The third-order valence-corrected chi connectivity index (χ3v) is 3.57. The molecule has 0 atom stereocenters. The number of ether oxygens (including phenoxy) is 2. The van der Waals surface area contributed by atoms with E-state index in [1.165, 1.54) is 12.1 Å². The fourth-order valence-electron chi connectivity index (χ4n) is 2.50. The van der Waals surface area contributed by atoms with Crippen LogP contribution in [0.25, 0.3) is 11.0 Å². The van der Waals surface area contributed by atoms with Crippen LogP contribution in [0.15, 0.2) is 52.9 Å². The molecule has 3 aromatic rings. The lowest BCUT2D eigenvalue weighted by molar-refractivity contribution is 0.0511. The molecule has 0 saturated carbocycles. The van der Waals surface area contributed by atoms with Gasteiger partial charge >= 0.3 is 5.97 Å². The number of carbonyl (C=O) groups is 1. The zero-order chi connectivity index (χ0) is 16.9. The first kappa shape index (κ1) is 16.1. The fourth-order valence-corrected chi connectivity index (χ4v) is 2.50. The summed E-state index contributed by atoms with van der Waals surface area (Å²) in [5.41, 5.74) is 1.84. The van der Waals surface area contributed by atoms with Gasteiger partial charge in [-0.05, 0) is 30.7 Å². The second kappa shape index (κ2) is 7.19. The van der Waals surface area contributed by atoms with Gasteiger partial charge in [-0.3, -0.25) is 0 Å². The number of rotatable bonds is 6. The average molecular weight is 326 g/mol. The van der Waals surface area contributed by atoms with E-state index < -0.39 is 5.97 Å². The zero-order valence-electron chi connectivity index (χ0n) is 13.3. The third kappa shape index (κ3) is 3.41. The number of esters is 1. The quantitative estimate of drug-likeness (QED) is 0.693. The van der Waals surface area contributed by atoms with Crippen LogP contribution < -0.4 is 0 Å². The first-order valence-corrected chi connectivity index (χ1v) is 7.72. The van der Waals surface area contributed by atoms with Gasteiger partial charge in [-0.1, -0.05) is 30.3 Å². The first-order valence-electron chi connectivity index (χ1n) is 7.72. The molecule has 0 spiro atoms. The molecule has 1 aromatic heterocycles. The van der Waals surface area contributed by atoms with Crippen molar-refractivity contribution in [3.63, 3.8) is 0 Å². The number of benzene rings is 2. The first-order chi connectivity index (χ1) is 11.7. The monoisotopic (exact) mass is 326 g/mol. The van der Waals surface area contributed by atoms with E-state index in [9.17, 15) is 9.90 Å². The van der Waals surface area contributed by atoms with Crippen LogP contribution in [0.2, 0.25) is 0 Å². The molecular formula is C19H18O5. The van der Waals surface area contributed by atoms with Crippen LogP contribution in [0.4, 0.5) is 0 Å². The molecule has 5 nitrogen and oxygen atoms in total. The number of aromatic hydroxyl groups is 1. The SMILES string of the molecule is CCOC(=O)c1c(COCc2ccccc2)oc2ccc(O)cc12. The van der Waals surface area contributed by atoms with E-state index in [-0.39, 0.29) is 19.0 Å². The van der Waals surface area contributed by atoms with Gasteiger partial charge in [0.05, 0.1) is 13.2 Å². The van der Waals surface area contributed by atoms with Gasteiger partial charge < -0.3 is 19.0 Å². The van der Waals surface area contributed by atoms with Gasteiger partial charge in [0.1, 0.15) is 29.3 Å². The molecule has 3 rings (SSSR count). The maximum atomic E-state index is 12.3. The number of hydrogen-bond donors (Lipinski definition) is 1. The lowest BCUT2D eigenvalue weighted by atomic mass is 10.1. The number of phenolic OH excluding ortho intramolecular Hbond substituents is 1. The summed E-state index contributed by atoms with van der Waals surface area (Å²) in [6.07, 6.45) is 0. The van der Waals surface area contributed by atoms with E-state index in [0.717, 1.165) is 5.56 Å². The summed E-state index contributed by atoms with van der Waals surface area (Å²) in [6.45, 7) is 2.54. The Kier molecular flexibility index (Phi) is 4.82. The molecular weight excluding hydrogens is 308 g/mol. The van der Waals surface area contributed by atoms with Crippen LogP contribution in [0.3, 0.4) is 0 Å². The van der Waals surface area contributed by atoms with Gasteiger partial charge in [0, 0.05) is 5.39 Å². The van der Waals surface area contributed by atoms with Crippen LogP contribution in [0.1, 0.15) is 28.6 Å². The minimum Gasteiger partial charge on any atom is -0.508 e. The van der Waals surface area contributed by atoms with Crippen molar-refractivity contribution in [3.8, 4) is 5.75 Å². The van der Waals surface area contributed by atoms with Crippen molar-refractivity contribution in [2.75, 3.05) is 6.61 Å². The fraction of sp³-hybridized carbons (Fsp3) is 0.211. The van der Waals surface area contributed by atoms with Gasteiger partial charge in [-0.15, -0.1) is 0 Å². The Morgan fingerprint density at radius 2 is 1.92 bits per heavy atom. The Labute approximate surface area is 139 Å². The van der Waals surface area contributed by atoms with Crippen molar-refractivity contribution in [2.24, 2.45) is 0 Å². The Balaban J connectivity index is 1.85. The maximum Gasteiger partial charge on any atom is 0.342 e. The van der Waals surface area contributed by atoms with Gasteiger partial charge in [0.25, 0.3) is 0 Å². The Morgan fingerprint density at radius 1 is 1.12 bits per heavy atom. The van der Waals surface area contributed by atoms with Gasteiger partial charge in [-0.2, -0.15) is 0 Å². The lowest BCUT2D eigenvalue weighted by Gasteiger charge is -2.05. The second-order valence-corrected chi connectivity index (χ2v) is 5.28. The molecule has 24 heavy (non-hydrogen) atoms. The van der Waals surface area contributed by atoms with Crippen molar-refractivity contribution in [1.29, 1.82) is 0 Å². The summed E-state index contributed by atoms with van der Waals surface area (Å²) < 4.78 is 16.5. The lowest BCUT2D eigenvalue weighted by Crippen LogP contribution is -2.07. The predicted octanol–water partition coefficient (Wildman–Crippen LogP) is 4.03. The Morgan fingerprint density at radius 3 is 2.67 bits per heavy atom. The summed E-state index contributed by atoms with van der Waals surface area (Å²) >= 11 is 0. The summed E-state index contributed by atoms with van der Waals surface area (Å²) in [5.74, 6) is -0.0317. The molecule has 5 heteroatoms. The van der Waals surface area contributed by atoms with E-state index in [1.807, 2.05) is 30.3 Å². The van der Waals surface area contributed by atoms with Crippen molar-refractivity contribution in [1.82, 2.24) is 0 Å². The Bertz CT molecular complexity index is 836. The van der Waals surface area contributed by atoms with Gasteiger partial charge in [0.2, 0.25) is 0 Å². The van der Waals surface area contributed by atoms with Crippen molar-refractivity contribution in [3.05, 3.63) is 65.4 Å². The highest BCUT2D eigenvalue weighted by Crippen LogP contribution is 2.30. The molecule has 2 aromatic carbocycles. The van der Waals surface area contributed by atoms with Crippen molar-refractivity contribution >= 4 is 16.9 Å². The molecule has 124 valence electrons. The highest BCUT2D eigenvalue weighted by molar-refractivity contribution is 6.04. The molecule has 0 aliphatic carbocycles. The molecule has 0 aliphatic rings. The molecule has 0 aliphatic heterocycles. The minimum absolute atomic E-state index is 0.0607. The third-order valence-electron chi connectivity index (χ3n) is 3.57. The van der Waals surface area contributed by atoms with Crippen LogP contribution >= 0.6 is 0 Å². The summed E-state index contributed by atoms with van der Waals surface area (Å²) in [4.78, 5) is 12.3. The van der Waals surface area contributed by atoms with Gasteiger partial charge in [0.15, 0.2) is 0 Å². The smallest absolute Gasteiger partial charge is 0.342 e. The van der Waals surface area contributed by atoms with E-state index >= 15 is 0 Å².